The van der Waals surface area contributed by atoms with Gasteiger partial charge in [-0.1, -0.05) is 39.5 Å². The van der Waals surface area contributed by atoms with Crippen LogP contribution in [0.2, 0.25) is 0 Å². The fourth-order valence-corrected chi connectivity index (χ4v) is 3.11. The number of nitrogens with two attached hydrogens (primary N) is 2. The minimum absolute atomic E-state index is 0.173. The second kappa shape index (κ2) is 10.4. The fraction of sp³-hybridized carbons (Fsp3) is 0.833. The number of amides is 3. The van der Waals surface area contributed by atoms with Crippen molar-refractivity contribution in [3.05, 3.63) is 0 Å². The van der Waals surface area contributed by atoms with Gasteiger partial charge in [0, 0.05) is 6.54 Å². The largest absolute Gasteiger partial charge is 0.368 e. The summed E-state index contributed by atoms with van der Waals surface area (Å²) in [6.45, 7) is 6.47. The minimum atomic E-state index is -0.750. The quantitative estimate of drug-likeness (QED) is 0.505. The average molecular weight is 354 g/mol. The molecular formula is C18H34N4O3. The van der Waals surface area contributed by atoms with Gasteiger partial charge >= 0.3 is 0 Å². The van der Waals surface area contributed by atoms with Gasteiger partial charge in [0.2, 0.25) is 17.7 Å². The molecule has 0 aliphatic carbocycles. The Labute approximate surface area is 150 Å². The van der Waals surface area contributed by atoms with Gasteiger partial charge in [-0.3, -0.25) is 14.4 Å². The molecule has 1 heterocycles. The molecule has 25 heavy (non-hydrogen) atoms. The van der Waals surface area contributed by atoms with E-state index in [1.54, 1.807) is 4.90 Å². The van der Waals surface area contributed by atoms with Gasteiger partial charge in [0.15, 0.2) is 0 Å². The Morgan fingerprint density at radius 3 is 2.36 bits per heavy atom. The first-order valence-corrected chi connectivity index (χ1v) is 9.39. The van der Waals surface area contributed by atoms with Crippen LogP contribution in [0.15, 0.2) is 0 Å². The first-order chi connectivity index (χ1) is 11.7. The van der Waals surface area contributed by atoms with Crippen molar-refractivity contribution in [2.75, 3.05) is 6.54 Å². The molecule has 0 aromatic heterocycles. The third kappa shape index (κ3) is 7.02. The van der Waals surface area contributed by atoms with Crippen LogP contribution in [-0.2, 0) is 14.4 Å². The number of primary amides is 1. The lowest BCUT2D eigenvalue weighted by Gasteiger charge is -2.27. The number of nitrogens with zero attached hydrogens (tertiary/aromatic N) is 1. The van der Waals surface area contributed by atoms with Crippen molar-refractivity contribution < 1.29 is 14.4 Å². The first-order valence-electron chi connectivity index (χ1n) is 9.39. The van der Waals surface area contributed by atoms with Crippen molar-refractivity contribution in [1.82, 2.24) is 10.2 Å². The third-order valence-corrected chi connectivity index (χ3v) is 4.74. The molecule has 144 valence electrons. The highest BCUT2D eigenvalue weighted by atomic mass is 16.2. The Hall–Kier alpha value is -1.63. The van der Waals surface area contributed by atoms with E-state index in [2.05, 4.69) is 19.2 Å². The van der Waals surface area contributed by atoms with Crippen LogP contribution in [-0.4, -0.2) is 47.3 Å². The monoisotopic (exact) mass is 354 g/mol. The van der Waals surface area contributed by atoms with Gasteiger partial charge in [0.25, 0.3) is 0 Å². The number of likely N-dealkylation sites (tertiary alicyclic amines) is 1. The van der Waals surface area contributed by atoms with Crippen LogP contribution >= 0.6 is 0 Å². The van der Waals surface area contributed by atoms with Gasteiger partial charge in [-0.05, 0) is 32.1 Å². The van der Waals surface area contributed by atoms with Crippen molar-refractivity contribution in [2.45, 2.75) is 83.8 Å². The zero-order chi connectivity index (χ0) is 19.0. The fourth-order valence-electron chi connectivity index (χ4n) is 3.11. The number of hydrogen-bond donors (Lipinski definition) is 3. The van der Waals surface area contributed by atoms with Gasteiger partial charge in [-0.15, -0.1) is 0 Å². The summed E-state index contributed by atoms with van der Waals surface area (Å²) in [6.07, 6.45) is 6.32. The lowest BCUT2D eigenvalue weighted by molar-refractivity contribution is -0.140. The van der Waals surface area contributed by atoms with Crippen LogP contribution in [0.3, 0.4) is 0 Å². The standard InChI is InChI=1S/C18H34N4O3/c1-12(2)8-5-4-6-9-14(19)18(25)22-11-7-10-15(22)17(24)21-13(3)16(20)23/h12-15H,4-11,19H2,1-3H3,(H2,20,23)(H,21,24)/t13-,14+,15+/m1/s1. The van der Waals surface area contributed by atoms with Crippen molar-refractivity contribution in [3.8, 4) is 0 Å². The predicted molar refractivity (Wildman–Crippen MR) is 97.4 cm³/mol. The highest BCUT2D eigenvalue weighted by Crippen LogP contribution is 2.20. The summed E-state index contributed by atoms with van der Waals surface area (Å²) in [7, 11) is 0. The molecule has 7 heteroatoms. The van der Waals surface area contributed by atoms with E-state index in [0.29, 0.717) is 25.3 Å². The van der Waals surface area contributed by atoms with E-state index < -0.39 is 24.0 Å². The lowest BCUT2D eigenvalue weighted by Crippen LogP contribution is -2.54. The molecule has 3 atom stereocenters. The molecule has 0 radical (unpaired) electrons. The molecule has 0 aromatic rings. The molecule has 0 unspecified atom stereocenters. The van der Waals surface area contributed by atoms with Crippen LogP contribution in [0.1, 0.15) is 65.7 Å². The lowest BCUT2D eigenvalue weighted by atomic mass is 10.0. The number of carbonyl (C=O) groups excluding carboxylic acids is 3. The SMILES string of the molecule is CC(C)CCCCC[C@H](N)C(=O)N1CCC[C@H]1C(=O)N[C@H](C)C(N)=O. The normalized spacial score (nSPS) is 19.7. The molecule has 0 aromatic carbocycles. The Bertz CT molecular complexity index is 467. The number of rotatable bonds is 10. The molecule has 1 aliphatic heterocycles. The number of carbonyl (C=O) groups is 3. The van der Waals surface area contributed by atoms with Crippen LogP contribution in [0.4, 0.5) is 0 Å². The summed E-state index contributed by atoms with van der Waals surface area (Å²) in [5.41, 5.74) is 11.2. The van der Waals surface area contributed by atoms with E-state index >= 15 is 0 Å². The van der Waals surface area contributed by atoms with Gasteiger partial charge in [-0.2, -0.15) is 0 Å². The topological polar surface area (TPSA) is 119 Å². The molecule has 5 N–H and O–H groups in total. The molecule has 7 nitrogen and oxygen atoms in total. The Balaban J connectivity index is 2.46. The summed E-state index contributed by atoms with van der Waals surface area (Å²) < 4.78 is 0. The van der Waals surface area contributed by atoms with E-state index in [1.807, 2.05) is 0 Å². The summed E-state index contributed by atoms with van der Waals surface area (Å²) in [5.74, 6) is -0.404. The Morgan fingerprint density at radius 1 is 1.12 bits per heavy atom. The maximum Gasteiger partial charge on any atom is 0.243 e. The maximum atomic E-state index is 12.6. The van der Waals surface area contributed by atoms with Gasteiger partial charge < -0.3 is 21.7 Å². The molecule has 3 amide bonds. The van der Waals surface area contributed by atoms with E-state index in [0.717, 1.165) is 25.7 Å². The second-order valence-electron chi connectivity index (χ2n) is 7.46. The zero-order valence-electron chi connectivity index (χ0n) is 15.8. The van der Waals surface area contributed by atoms with Crippen molar-refractivity contribution >= 4 is 17.7 Å². The third-order valence-electron chi connectivity index (χ3n) is 4.74. The van der Waals surface area contributed by atoms with Crippen molar-refractivity contribution in [3.63, 3.8) is 0 Å². The number of hydrogen-bond acceptors (Lipinski definition) is 4. The molecular weight excluding hydrogens is 320 g/mol. The van der Waals surface area contributed by atoms with Gasteiger partial charge in [-0.25, -0.2) is 0 Å². The summed E-state index contributed by atoms with van der Waals surface area (Å²) in [5, 5.41) is 2.57. The number of unbranched alkanes of at least 4 members (excludes halogenated alkanes) is 2. The molecule has 1 fully saturated rings. The summed E-state index contributed by atoms with van der Waals surface area (Å²) >= 11 is 0. The van der Waals surface area contributed by atoms with Crippen molar-refractivity contribution in [1.29, 1.82) is 0 Å². The molecule has 1 aliphatic rings. The van der Waals surface area contributed by atoms with E-state index in [-0.39, 0.29) is 11.8 Å². The molecule has 0 saturated carbocycles. The Kier molecular flexibility index (Phi) is 8.89. The molecule has 1 rings (SSSR count). The van der Waals surface area contributed by atoms with Crippen LogP contribution < -0.4 is 16.8 Å². The first kappa shape index (κ1) is 21.4. The van der Waals surface area contributed by atoms with E-state index in [4.69, 9.17) is 11.5 Å². The zero-order valence-corrected chi connectivity index (χ0v) is 15.8. The minimum Gasteiger partial charge on any atom is -0.368 e. The molecule has 1 saturated heterocycles. The van der Waals surface area contributed by atoms with Gasteiger partial charge in [0.1, 0.15) is 12.1 Å². The van der Waals surface area contributed by atoms with Crippen LogP contribution in [0.25, 0.3) is 0 Å². The van der Waals surface area contributed by atoms with Crippen molar-refractivity contribution in [2.24, 2.45) is 17.4 Å². The van der Waals surface area contributed by atoms with E-state index in [9.17, 15) is 14.4 Å². The number of nitrogens with one attached hydrogen (secondary N) is 1. The highest BCUT2D eigenvalue weighted by molar-refractivity contribution is 5.92. The van der Waals surface area contributed by atoms with Crippen LogP contribution in [0, 0.1) is 5.92 Å². The Morgan fingerprint density at radius 2 is 1.76 bits per heavy atom. The average Bonchev–Trinajstić information content (AvgIpc) is 3.02. The summed E-state index contributed by atoms with van der Waals surface area (Å²) in [4.78, 5) is 37.5. The smallest absolute Gasteiger partial charge is 0.243 e. The molecule has 0 spiro atoms. The van der Waals surface area contributed by atoms with E-state index in [1.165, 1.54) is 13.3 Å². The highest BCUT2D eigenvalue weighted by Gasteiger charge is 2.36. The van der Waals surface area contributed by atoms with Crippen LogP contribution in [0.5, 0.6) is 0 Å². The maximum absolute atomic E-state index is 12.6. The van der Waals surface area contributed by atoms with Gasteiger partial charge in [0.05, 0.1) is 6.04 Å². The predicted octanol–water partition coefficient (Wildman–Crippen LogP) is 0.901. The molecule has 0 bridgehead atoms. The summed E-state index contributed by atoms with van der Waals surface area (Å²) in [6, 6.07) is -1.87. The second-order valence-corrected chi connectivity index (χ2v) is 7.46.